The van der Waals surface area contributed by atoms with Crippen molar-refractivity contribution < 1.29 is 9.59 Å². The van der Waals surface area contributed by atoms with Crippen molar-refractivity contribution in [3.05, 3.63) is 74.1 Å². The highest BCUT2D eigenvalue weighted by molar-refractivity contribution is 5.94. The lowest BCUT2D eigenvalue weighted by Gasteiger charge is -2.35. The van der Waals surface area contributed by atoms with Crippen LogP contribution in [0.5, 0.6) is 0 Å². The van der Waals surface area contributed by atoms with Crippen LogP contribution >= 0.6 is 0 Å². The number of carbonyl (C=O) groups excluding carboxylic acids is 2. The molecular formula is C27H37N5O4. The van der Waals surface area contributed by atoms with Gasteiger partial charge in [0.25, 0.3) is 11.5 Å². The third-order valence-electron chi connectivity index (χ3n) is 6.61. The maximum atomic E-state index is 13.2. The van der Waals surface area contributed by atoms with Crippen LogP contribution in [-0.2, 0) is 25.3 Å². The zero-order valence-electron chi connectivity index (χ0n) is 22.0. The van der Waals surface area contributed by atoms with Gasteiger partial charge in [-0.2, -0.15) is 0 Å². The van der Waals surface area contributed by atoms with Gasteiger partial charge in [-0.3, -0.25) is 23.9 Å². The Balaban J connectivity index is 1.63. The highest BCUT2D eigenvalue weighted by Gasteiger charge is 2.24. The molecule has 0 radical (unpaired) electrons. The number of carbonyl (C=O) groups is 2. The molecule has 2 aromatic rings. The molecule has 1 saturated heterocycles. The molecule has 0 aliphatic carbocycles. The predicted molar refractivity (Wildman–Crippen MR) is 141 cm³/mol. The Morgan fingerprint density at radius 1 is 1.00 bits per heavy atom. The first-order valence-corrected chi connectivity index (χ1v) is 12.4. The summed E-state index contributed by atoms with van der Waals surface area (Å²) in [6, 6.07) is 7.76. The number of benzene rings is 1. The number of allylic oxidation sites excluding steroid dienone is 1. The topological polar surface area (TPSA) is 87.9 Å². The molecule has 36 heavy (non-hydrogen) atoms. The van der Waals surface area contributed by atoms with E-state index in [0.29, 0.717) is 38.3 Å². The van der Waals surface area contributed by atoms with E-state index in [0.717, 1.165) is 16.6 Å². The number of rotatable bonds is 8. The Bertz CT molecular complexity index is 1230. The molecule has 1 aromatic carbocycles. The molecule has 1 aliphatic heterocycles. The molecule has 194 valence electrons. The monoisotopic (exact) mass is 495 g/mol. The minimum Gasteiger partial charge on any atom is -0.336 e. The summed E-state index contributed by atoms with van der Waals surface area (Å²) in [7, 11) is 2.98. The Hall–Kier alpha value is -3.46. The molecule has 0 unspecified atom stereocenters. The van der Waals surface area contributed by atoms with Crippen LogP contribution in [0.1, 0.15) is 43.1 Å². The summed E-state index contributed by atoms with van der Waals surface area (Å²) in [6.45, 7) is 9.31. The molecule has 0 N–H and O–H groups in total. The van der Waals surface area contributed by atoms with Gasteiger partial charge in [-0.05, 0) is 38.0 Å². The number of nitrogens with zero attached hydrogens (tertiary/aromatic N) is 5. The van der Waals surface area contributed by atoms with Crippen molar-refractivity contribution in [2.45, 2.75) is 33.6 Å². The predicted octanol–water partition coefficient (Wildman–Crippen LogP) is 1.79. The normalized spacial score (nSPS) is 14.0. The van der Waals surface area contributed by atoms with Crippen LogP contribution in [0.25, 0.3) is 0 Å². The van der Waals surface area contributed by atoms with E-state index in [4.69, 9.17) is 0 Å². The smallest absolute Gasteiger partial charge is 0.330 e. The quantitative estimate of drug-likeness (QED) is 0.521. The molecule has 0 bridgehead atoms. The number of piperazine rings is 1. The molecule has 1 fully saturated rings. The van der Waals surface area contributed by atoms with Gasteiger partial charge in [0.2, 0.25) is 5.91 Å². The molecule has 2 amide bonds. The molecule has 1 aliphatic rings. The molecule has 2 heterocycles. The van der Waals surface area contributed by atoms with Gasteiger partial charge in [0.15, 0.2) is 0 Å². The van der Waals surface area contributed by atoms with Crippen LogP contribution < -0.4 is 16.1 Å². The fourth-order valence-corrected chi connectivity index (χ4v) is 4.21. The Morgan fingerprint density at radius 3 is 2.22 bits per heavy atom. The molecular weight excluding hydrogens is 458 g/mol. The van der Waals surface area contributed by atoms with Crippen LogP contribution in [0.15, 0.2) is 51.7 Å². The van der Waals surface area contributed by atoms with Gasteiger partial charge in [-0.15, -0.1) is 0 Å². The first kappa shape index (κ1) is 27.1. The zero-order valence-corrected chi connectivity index (χ0v) is 22.0. The zero-order chi connectivity index (χ0) is 26.4. The molecule has 9 nitrogen and oxygen atoms in total. The second-order valence-electron chi connectivity index (χ2n) is 9.49. The lowest BCUT2D eigenvalue weighted by molar-refractivity contribution is -0.118. The van der Waals surface area contributed by atoms with E-state index in [2.05, 4.69) is 11.8 Å². The number of amides is 2. The lowest BCUT2D eigenvalue weighted by Crippen LogP contribution is -2.49. The van der Waals surface area contributed by atoms with Gasteiger partial charge in [0, 0.05) is 71.5 Å². The number of aromatic nitrogens is 2. The standard InChI is InChI=1S/C27H37N5O4/c1-6-21-7-9-22(10-8-21)25(34)31-17-15-30(16-18-31)13-12-24(33)32(14-11-20(2)3)23-19-28(4)27(36)29(5)26(23)35/h7-11,19H,6,12-18H2,1-5H3. The maximum Gasteiger partial charge on any atom is 0.330 e. The van der Waals surface area contributed by atoms with E-state index in [9.17, 15) is 19.2 Å². The van der Waals surface area contributed by atoms with Crippen molar-refractivity contribution in [1.82, 2.24) is 18.9 Å². The summed E-state index contributed by atoms with van der Waals surface area (Å²) in [4.78, 5) is 56.4. The summed E-state index contributed by atoms with van der Waals surface area (Å²) in [5, 5.41) is 0. The van der Waals surface area contributed by atoms with E-state index >= 15 is 0 Å². The first-order valence-electron chi connectivity index (χ1n) is 12.4. The molecule has 0 spiro atoms. The number of anilines is 1. The summed E-state index contributed by atoms with van der Waals surface area (Å²) < 4.78 is 2.33. The summed E-state index contributed by atoms with van der Waals surface area (Å²) in [6.07, 6.45) is 4.49. The van der Waals surface area contributed by atoms with Crippen LogP contribution in [0.4, 0.5) is 5.69 Å². The first-order chi connectivity index (χ1) is 17.1. The van der Waals surface area contributed by atoms with Gasteiger partial charge >= 0.3 is 5.69 Å². The Labute approximate surface area is 212 Å². The third-order valence-corrected chi connectivity index (χ3v) is 6.61. The Morgan fingerprint density at radius 2 is 1.64 bits per heavy atom. The van der Waals surface area contributed by atoms with E-state index < -0.39 is 11.2 Å². The number of hydrogen-bond acceptors (Lipinski definition) is 5. The van der Waals surface area contributed by atoms with Crippen LogP contribution in [0.2, 0.25) is 0 Å². The van der Waals surface area contributed by atoms with Gasteiger partial charge in [0.1, 0.15) is 5.69 Å². The van der Waals surface area contributed by atoms with Crippen molar-refractivity contribution in [3.63, 3.8) is 0 Å². The Kier molecular flexibility index (Phi) is 9.03. The van der Waals surface area contributed by atoms with Gasteiger partial charge in [0.05, 0.1) is 0 Å². The van der Waals surface area contributed by atoms with E-state index in [1.807, 2.05) is 49.1 Å². The molecule has 0 saturated carbocycles. The van der Waals surface area contributed by atoms with Crippen molar-refractivity contribution >= 4 is 17.5 Å². The average Bonchev–Trinajstić information content (AvgIpc) is 2.88. The maximum absolute atomic E-state index is 13.2. The van der Waals surface area contributed by atoms with Crippen molar-refractivity contribution in [3.8, 4) is 0 Å². The average molecular weight is 496 g/mol. The fraction of sp³-hybridized carbons (Fsp3) is 0.481. The second kappa shape index (κ2) is 12.0. The fourth-order valence-electron chi connectivity index (χ4n) is 4.21. The van der Waals surface area contributed by atoms with Crippen LogP contribution in [0.3, 0.4) is 0 Å². The van der Waals surface area contributed by atoms with Crippen molar-refractivity contribution in [1.29, 1.82) is 0 Å². The van der Waals surface area contributed by atoms with E-state index in [1.54, 1.807) is 7.05 Å². The second-order valence-corrected chi connectivity index (χ2v) is 9.49. The summed E-state index contributed by atoms with van der Waals surface area (Å²) in [5.74, 6) is -0.149. The molecule has 9 heteroatoms. The molecule has 0 atom stereocenters. The van der Waals surface area contributed by atoms with E-state index in [1.165, 1.54) is 28.3 Å². The van der Waals surface area contributed by atoms with Gasteiger partial charge in [-0.1, -0.05) is 30.7 Å². The lowest BCUT2D eigenvalue weighted by atomic mass is 10.1. The van der Waals surface area contributed by atoms with Gasteiger partial charge < -0.3 is 14.4 Å². The largest absolute Gasteiger partial charge is 0.336 e. The van der Waals surface area contributed by atoms with E-state index in [-0.39, 0.29) is 30.5 Å². The molecule has 3 rings (SSSR count). The number of hydrogen-bond donors (Lipinski definition) is 0. The van der Waals surface area contributed by atoms with Crippen molar-refractivity contribution in [2.75, 3.05) is 44.2 Å². The highest BCUT2D eigenvalue weighted by Crippen LogP contribution is 2.13. The minimum atomic E-state index is -0.493. The summed E-state index contributed by atoms with van der Waals surface area (Å²) in [5.41, 5.74) is 2.19. The van der Waals surface area contributed by atoms with Gasteiger partial charge in [-0.25, -0.2) is 4.79 Å². The minimum absolute atomic E-state index is 0.0341. The SMILES string of the molecule is CCc1ccc(C(=O)N2CCN(CCC(=O)N(CC=C(C)C)c3cn(C)c(=O)n(C)c3=O)CC2)cc1. The third kappa shape index (κ3) is 6.40. The molecule has 1 aromatic heterocycles. The van der Waals surface area contributed by atoms with Crippen LogP contribution in [-0.4, -0.2) is 70.0 Å². The summed E-state index contributed by atoms with van der Waals surface area (Å²) >= 11 is 0. The van der Waals surface area contributed by atoms with Crippen molar-refractivity contribution in [2.24, 2.45) is 14.1 Å². The number of aryl methyl sites for hydroxylation is 2. The van der Waals surface area contributed by atoms with Crippen LogP contribution in [0, 0.1) is 0 Å². The highest BCUT2D eigenvalue weighted by atomic mass is 16.2.